The summed E-state index contributed by atoms with van der Waals surface area (Å²) in [5.41, 5.74) is 7.92. The molecular weight excluding hydrogens is 126 g/mol. The predicted octanol–water partition coefficient (Wildman–Crippen LogP) is 0.623. The van der Waals surface area contributed by atoms with Gasteiger partial charge in [0.15, 0.2) is 5.78 Å². The summed E-state index contributed by atoms with van der Waals surface area (Å²) >= 11 is 0. The van der Waals surface area contributed by atoms with Crippen LogP contribution in [0.15, 0.2) is 11.1 Å². The van der Waals surface area contributed by atoms with Crippen LogP contribution in [-0.4, -0.2) is 11.8 Å². The molecule has 1 saturated carbocycles. The van der Waals surface area contributed by atoms with Gasteiger partial charge in [0.25, 0.3) is 0 Å². The van der Waals surface area contributed by atoms with Crippen molar-refractivity contribution in [1.82, 2.24) is 0 Å². The van der Waals surface area contributed by atoms with Crippen LogP contribution in [0.4, 0.5) is 0 Å². The predicted molar refractivity (Wildman–Crippen MR) is 38.4 cm³/mol. The first-order chi connectivity index (χ1) is 4.70. The van der Waals surface area contributed by atoms with Crippen LogP contribution in [0.25, 0.3) is 0 Å². The van der Waals surface area contributed by atoms with Crippen LogP contribution in [0, 0.1) is 5.92 Å². The summed E-state index contributed by atoms with van der Waals surface area (Å²) in [6.45, 7) is 1.90. The summed E-state index contributed by atoms with van der Waals surface area (Å²) in [6, 6.07) is -0.198. The first-order valence-corrected chi connectivity index (χ1v) is 3.69. The normalized spacial score (nSPS) is 38.0. The van der Waals surface area contributed by atoms with Gasteiger partial charge in [-0.2, -0.15) is 0 Å². The highest BCUT2D eigenvalue weighted by atomic mass is 16.1. The summed E-state index contributed by atoms with van der Waals surface area (Å²) in [5, 5.41) is 0. The summed E-state index contributed by atoms with van der Waals surface area (Å²) in [6.07, 6.45) is 2.02. The van der Waals surface area contributed by atoms with Crippen molar-refractivity contribution in [3.8, 4) is 0 Å². The first-order valence-electron chi connectivity index (χ1n) is 3.69. The smallest absolute Gasteiger partial charge is 0.175 e. The number of allylic oxidation sites excluding steroid dienone is 1. The van der Waals surface area contributed by atoms with Crippen molar-refractivity contribution in [1.29, 1.82) is 0 Å². The van der Waals surface area contributed by atoms with E-state index in [-0.39, 0.29) is 11.8 Å². The fraction of sp³-hybridized carbons (Fsp3) is 0.625. The Labute approximate surface area is 60.1 Å². The quantitative estimate of drug-likeness (QED) is 0.532. The minimum atomic E-state index is -0.198. The highest BCUT2D eigenvalue weighted by molar-refractivity contribution is 6.01. The highest BCUT2D eigenvalue weighted by Crippen LogP contribution is 2.46. The monoisotopic (exact) mass is 137 g/mol. The van der Waals surface area contributed by atoms with E-state index in [1.165, 1.54) is 5.57 Å². The number of Topliss-reactive ketones (excluding diaryl/α,β-unsaturated/α-hetero) is 1. The topological polar surface area (TPSA) is 43.1 Å². The summed E-state index contributed by atoms with van der Waals surface area (Å²) < 4.78 is 0. The van der Waals surface area contributed by atoms with E-state index in [0.29, 0.717) is 5.92 Å². The van der Waals surface area contributed by atoms with Gasteiger partial charge in [0.05, 0.1) is 6.04 Å². The number of ketones is 1. The largest absolute Gasteiger partial charge is 0.321 e. The number of fused-ring (bicyclic) bond motifs is 1. The lowest BCUT2D eigenvalue weighted by Gasteiger charge is -2.13. The molecule has 2 heteroatoms. The zero-order valence-electron chi connectivity index (χ0n) is 6.05. The van der Waals surface area contributed by atoms with Crippen LogP contribution in [0.3, 0.4) is 0 Å². The lowest BCUT2D eigenvalue weighted by Crippen LogP contribution is -2.33. The molecule has 2 aliphatic carbocycles. The second kappa shape index (κ2) is 1.70. The van der Waals surface area contributed by atoms with Crippen LogP contribution in [-0.2, 0) is 4.79 Å². The molecule has 0 aromatic heterocycles. The maximum absolute atomic E-state index is 11.2. The SMILES string of the molecule is CC1=C2CC2CC(N)C1=O. The molecular formula is C8H11NO. The Morgan fingerprint density at radius 3 is 3.00 bits per heavy atom. The average Bonchev–Trinajstić information content (AvgIpc) is 2.62. The zero-order valence-corrected chi connectivity index (χ0v) is 6.05. The molecule has 2 atom stereocenters. The van der Waals surface area contributed by atoms with E-state index in [2.05, 4.69) is 0 Å². The van der Waals surface area contributed by atoms with Crippen LogP contribution in [0.5, 0.6) is 0 Å². The highest BCUT2D eigenvalue weighted by Gasteiger charge is 2.40. The Morgan fingerprint density at radius 2 is 2.30 bits per heavy atom. The molecule has 1 fully saturated rings. The lowest BCUT2D eigenvalue weighted by molar-refractivity contribution is -0.117. The van der Waals surface area contributed by atoms with E-state index in [1.807, 2.05) is 6.92 Å². The fourth-order valence-electron chi connectivity index (χ4n) is 1.74. The van der Waals surface area contributed by atoms with Crippen LogP contribution in [0.2, 0.25) is 0 Å². The third-order valence-corrected chi connectivity index (χ3v) is 2.53. The second-order valence-electron chi connectivity index (χ2n) is 3.26. The molecule has 0 aromatic carbocycles. The number of hydrogen-bond acceptors (Lipinski definition) is 2. The van der Waals surface area contributed by atoms with E-state index in [9.17, 15) is 4.79 Å². The molecule has 10 heavy (non-hydrogen) atoms. The number of carbonyl (C=O) groups excluding carboxylic acids is 1. The van der Waals surface area contributed by atoms with E-state index in [0.717, 1.165) is 18.4 Å². The summed E-state index contributed by atoms with van der Waals surface area (Å²) in [5.74, 6) is 0.844. The maximum Gasteiger partial charge on any atom is 0.175 e. The standard InChI is InChI=1S/C8H11NO/c1-4-6-2-5(6)3-7(9)8(4)10/h5,7H,2-3,9H2,1H3. The molecule has 2 unspecified atom stereocenters. The van der Waals surface area contributed by atoms with Gasteiger partial charge in [-0.3, -0.25) is 4.79 Å². The van der Waals surface area contributed by atoms with Crippen molar-refractivity contribution < 1.29 is 4.79 Å². The van der Waals surface area contributed by atoms with Gasteiger partial charge in [-0.25, -0.2) is 0 Å². The molecule has 2 N–H and O–H groups in total. The number of carbonyl (C=O) groups is 1. The number of rotatable bonds is 0. The van der Waals surface area contributed by atoms with Gasteiger partial charge in [0.2, 0.25) is 0 Å². The third-order valence-electron chi connectivity index (χ3n) is 2.53. The van der Waals surface area contributed by atoms with Gasteiger partial charge in [0, 0.05) is 0 Å². The molecule has 0 saturated heterocycles. The molecule has 0 spiro atoms. The van der Waals surface area contributed by atoms with Crippen molar-refractivity contribution in [3.63, 3.8) is 0 Å². The Morgan fingerprint density at radius 1 is 1.60 bits per heavy atom. The fourth-order valence-corrected chi connectivity index (χ4v) is 1.74. The van der Waals surface area contributed by atoms with E-state index >= 15 is 0 Å². The van der Waals surface area contributed by atoms with E-state index < -0.39 is 0 Å². The zero-order chi connectivity index (χ0) is 7.30. The second-order valence-corrected chi connectivity index (χ2v) is 3.26. The van der Waals surface area contributed by atoms with Crippen LogP contribution < -0.4 is 5.73 Å². The lowest BCUT2D eigenvalue weighted by atomic mass is 9.95. The molecule has 0 amide bonds. The minimum Gasteiger partial charge on any atom is -0.321 e. The van der Waals surface area contributed by atoms with Gasteiger partial charge in [-0.05, 0) is 31.3 Å². The minimum absolute atomic E-state index is 0.170. The molecule has 2 nitrogen and oxygen atoms in total. The molecule has 2 aliphatic rings. The molecule has 2 rings (SSSR count). The Balaban J connectivity index is 2.35. The molecule has 0 heterocycles. The van der Waals surface area contributed by atoms with Gasteiger partial charge in [-0.15, -0.1) is 0 Å². The van der Waals surface area contributed by atoms with E-state index in [1.54, 1.807) is 0 Å². The van der Waals surface area contributed by atoms with Gasteiger partial charge < -0.3 is 5.73 Å². The van der Waals surface area contributed by atoms with Crippen molar-refractivity contribution >= 4 is 5.78 Å². The van der Waals surface area contributed by atoms with Gasteiger partial charge in [0.1, 0.15) is 0 Å². The first kappa shape index (κ1) is 6.10. The average molecular weight is 137 g/mol. The van der Waals surface area contributed by atoms with Crippen molar-refractivity contribution in [2.45, 2.75) is 25.8 Å². The molecule has 0 bridgehead atoms. The number of hydrogen-bond donors (Lipinski definition) is 1. The van der Waals surface area contributed by atoms with Crippen molar-refractivity contribution in [2.24, 2.45) is 11.7 Å². The molecule has 0 aliphatic heterocycles. The molecule has 0 aromatic rings. The van der Waals surface area contributed by atoms with Crippen molar-refractivity contribution in [3.05, 3.63) is 11.1 Å². The van der Waals surface area contributed by atoms with E-state index in [4.69, 9.17) is 5.73 Å². The van der Waals surface area contributed by atoms with Gasteiger partial charge >= 0.3 is 0 Å². The molecule has 0 radical (unpaired) electrons. The Kier molecular flexibility index (Phi) is 1.04. The summed E-state index contributed by atoms with van der Waals surface area (Å²) in [7, 11) is 0. The van der Waals surface area contributed by atoms with Crippen molar-refractivity contribution in [2.75, 3.05) is 0 Å². The van der Waals surface area contributed by atoms with Gasteiger partial charge in [-0.1, -0.05) is 5.57 Å². The van der Waals surface area contributed by atoms with Crippen LogP contribution >= 0.6 is 0 Å². The third kappa shape index (κ3) is 0.655. The Hall–Kier alpha value is -0.630. The van der Waals surface area contributed by atoms with Crippen LogP contribution in [0.1, 0.15) is 19.8 Å². The summed E-state index contributed by atoms with van der Waals surface area (Å²) in [4.78, 5) is 11.2. The maximum atomic E-state index is 11.2. The molecule has 54 valence electrons. The number of nitrogens with two attached hydrogens (primary N) is 1. The Bertz CT molecular complexity index is 229.